The minimum Gasteiger partial charge on any atom is -0.309 e. The third-order valence-electron chi connectivity index (χ3n) is 3.47. The molecule has 0 radical (unpaired) electrons. The summed E-state index contributed by atoms with van der Waals surface area (Å²) >= 11 is 1.92. The SMILES string of the molecule is CCc1ccccc1-c1ccc(CNC2CC2)s1. The fourth-order valence-corrected chi connectivity index (χ4v) is 3.24. The molecule has 1 nitrogen and oxygen atoms in total. The molecule has 94 valence electrons. The van der Waals surface area contributed by atoms with Gasteiger partial charge in [-0.1, -0.05) is 31.2 Å². The fraction of sp³-hybridized carbons (Fsp3) is 0.375. The van der Waals surface area contributed by atoms with Crippen LogP contribution in [0.1, 0.15) is 30.2 Å². The second-order valence-corrected chi connectivity index (χ2v) is 6.10. The molecule has 3 rings (SSSR count). The average Bonchev–Trinajstić information content (AvgIpc) is 3.13. The van der Waals surface area contributed by atoms with E-state index in [0.29, 0.717) is 0 Å². The van der Waals surface area contributed by atoms with Crippen molar-refractivity contribution < 1.29 is 0 Å². The van der Waals surface area contributed by atoms with E-state index in [1.165, 1.54) is 33.7 Å². The Morgan fingerprint density at radius 1 is 1.17 bits per heavy atom. The van der Waals surface area contributed by atoms with Crippen molar-refractivity contribution >= 4 is 11.3 Å². The first-order valence-electron chi connectivity index (χ1n) is 6.77. The van der Waals surface area contributed by atoms with E-state index in [1.54, 1.807) is 0 Å². The van der Waals surface area contributed by atoms with Crippen LogP contribution in [-0.4, -0.2) is 6.04 Å². The largest absolute Gasteiger partial charge is 0.309 e. The van der Waals surface area contributed by atoms with Gasteiger partial charge >= 0.3 is 0 Å². The van der Waals surface area contributed by atoms with Gasteiger partial charge in [-0.15, -0.1) is 11.3 Å². The lowest BCUT2D eigenvalue weighted by atomic mass is 10.0. The Bertz CT molecular complexity index is 525. The molecule has 0 amide bonds. The van der Waals surface area contributed by atoms with Crippen LogP contribution in [0, 0.1) is 0 Å². The summed E-state index contributed by atoms with van der Waals surface area (Å²) in [5, 5.41) is 3.58. The van der Waals surface area contributed by atoms with Gasteiger partial charge in [0, 0.05) is 22.3 Å². The van der Waals surface area contributed by atoms with Gasteiger partial charge in [-0.3, -0.25) is 0 Å². The zero-order valence-electron chi connectivity index (χ0n) is 10.8. The van der Waals surface area contributed by atoms with Gasteiger partial charge in [0.1, 0.15) is 0 Å². The van der Waals surface area contributed by atoms with Crippen LogP contribution in [-0.2, 0) is 13.0 Å². The number of hydrogen-bond acceptors (Lipinski definition) is 2. The molecule has 1 N–H and O–H groups in total. The number of nitrogens with one attached hydrogen (secondary N) is 1. The molecule has 1 aromatic heterocycles. The lowest BCUT2D eigenvalue weighted by molar-refractivity contribution is 0.695. The molecule has 0 bridgehead atoms. The zero-order valence-corrected chi connectivity index (χ0v) is 11.6. The highest BCUT2D eigenvalue weighted by Gasteiger charge is 2.20. The predicted octanol–water partition coefficient (Wildman–Crippen LogP) is 4.23. The van der Waals surface area contributed by atoms with Crippen LogP contribution >= 0.6 is 11.3 Å². The number of aryl methyl sites for hydroxylation is 1. The molecule has 1 aliphatic carbocycles. The minimum absolute atomic E-state index is 0.790. The van der Waals surface area contributed by atoms with Crippen LogP contribution in [0.3, 0.4) is 0 Å². The normalized spacial score (nSPS) is 14.9. The van der Waals surface area contributed by atoms with Crippen molar-refractivity contribution in [3.63, 3.8) is 0 Å². The summed E-state index contributed by atoms with van der Waals surface area (Å²) in [5.41, 5.74) is 2.85. The Balaban J connectivity index is 1.78. The summed E-state index contributed by atoms with van der Waals surface area (Å²) in [6, 6.07) is 14.1. The molecule has 0 atom stereocenters. The van der Waals surface area contributed by atoms with Gasteiger partial charge in [0.2, 0.25) is 0 Å². The molecule has 1 aliphatic rings. The molecule has 0 saturated heterocycles. The Hall–Kier alpha value is -1.12. The molecule has 2 heteroatoms. The van der Waals surface area contributed by atoms with E-state index in [-0.39, 0.29) is 0 Å². The molecule has 1 fully saturated rings. The van der Waals surface area contributed by atoms with E-state index in [9.17, 15) is 0 Å². The van der Waals surface area contributed by atoms with E-state index in [4.69, 9.17) is 0 Å². The lowest BCUT2D eigenvalue weighted by Gasteiger charge is -2.04. The average molecular weight is 257 g/mol. The molecule has 1 heterocycles. The third kappa shape index (κ3) is 2.65. The maximum atomic E-state index is 3.58. The minimum atomic E-state index is 0.790. The van der Waals surface area contributed by atoms with Crippen molar-refractivity contribution in [2.45, 2.75) is 38.8 Å². The second-order valence-electron chi connectivity index (χ2n) is 4.93. The first-order chi connectivity index (χ1) is 8.86. The number of thiophene rings is 1. The van der Waals surface area contributed by atoms with Crippen molar-refractivity contribution in [3.05, 3.63) is 46.8 Å². The smallest absolute Gasteiger partial charge is 0.0348 e. The summed E-state index contributed by atoms with van der Waals surface area (Å²) in [6.07, 6.45) is 3.82. The molecule has 0 spiro atoms. The van der Waals surface area contributed by atoms with Crippen LogP contribution in [0.15, 0.2) is 36.4 Å². The molecule has 2 aromatic rings. The van der Waals surface area contributed by atoms with E-state index < -0.39 is 0 Å². The van der Waals surface area contributed by atoms with Crippen molar-refractivity contribution in [2.75, 3.05) is 0 Å². The van der Waals surface area contributed by atoms with Crippen molar-refractivity contribution in [1.29, 1.82) is 0 Å². The van der Waals surface area contributed by atoms with Gasteiger partial charge in [0.05, 0.1) is 0 Å². The molecule has 1 saturated carbocycles. The number of benzene rings is 1. The van der Waals surface area contributed by atoms with E-state index >= 15 is 0 Å². The van der Waals surface area contributed by atoms with Gasteiger partial charge in [0.25, 0.3) is 0 Å². The summed E-state index contributed by atoms with van der Waals surface area (Å²) in [6.45, 7) is 3.26. The summed E-state index contributed by atoms with van der Waals surface area (Å²) in [4.78, 5) is 2.85. The standard InChI is InChI=1S/C16H19NS/c1-2-12-5-3-4-6-15(12)16-10-9-14(18-16)11-17-13-7-8-13/h3-6,9-10,13,17H,2,7-8,11H2,1H3. The highest BCUT2D eigenvalue weighted by molar-refractivity contribution is 7.15. The summed E-state index contributed by atoms with van der Waals surface area (Å²) < 4.78 is 0. The molecule has 1 aromatic carbocycles. The molecule has 0 unspecified atom stereocenters. The van der Waals surface area contributed by atoms with Crippen LogP contribution in [0.4, 0.5) is 0 Å². The summed E-state index contributed by atoms with van der Waals surface area (Å²) in [5.74, 6) is 0. The first kappa shape index (κ1) is 11.9. The molecular formula is C16H19NS. The quantitative estimate of drug-likeness (QED) is 0.845. The topological polar surface area (TPSA) is 12.0 Å². The predicted molar refractivity (Wildman–Crippen MR) is 79.0 cm³/mol. The Morgan fingerprint density at radius 2 is 2.00 bits per heavy atom. The van der Waals surface area contributed by atoms with Gasteiger partial charge in [-0.25, -0.2) is 0 Å². The van der Waals surface area contributed by atoms with Crippen LogP contribution in [0.2, 0.25) is 0 Å². The van der Waals surface area contributed by atoms with Gasteiger partial charge < -0.3 is 5.32 Å². The second kappa shape index (κ2) is 5.25. The van der Waals surface area contributed by atoms with Crippen molar-refractivity contribution in [2.24, 2.45) is 0 Å². The highest BCUT2D eigenvalue weighted by atomic mass is 32.1. The monoisotopic (exact) mass is 257 g/mol. The Labute approximate surface area is 113 Å². The van der Waals surface area contributed by atoms with Crippen molar-refractivity contribution in [3.8, 4) is 10.4 Å². The molecule has 18 heavy (non-hydrogen) atoms. The van der Waals surface area contributed by atoms with E-state index in [1.807, 2.05) is 11.3 Å². The van der Waals surface area contributed by atoms with Gasteiger partial charge in [0.15, 0.2) is 0 Å². The zero-order chi connectivity index (χ0) is 12.4. The molecular weight excluding hydrogens is 238 g/mol. The summed E-state index contributed by atoms with van der Waals surface area (Å²) in [7, 11) is 0. The van der Waals surface area contributed by atoms with E-state index in [2.05, 4.69) is 48.6 Å². The Morgan fingerprint density at radius 3 is 2.78 bits per heavy atom. The van der Waals surface area contributed by atoms with E-state index in [0.717, 1.165) is 19.0 Å². The lowest BCUT2D eigenvalue weighted by Crippen LogP contribution is -2.14. The van der Waals surface area contributed by atoms with Crippen LogP contribution in [0.5, 0.6) is 0 Å². The van der Waals surface area contributed by atoms with Gasteiger partial charge in [-0.05, 0) is 42.5 Å². The third-order valence-corrected chi connectivity index (χ3v) is 4.59. The number of rotatable bonds is 5. The van der Waals surface area contributed by atoms with Crippen molar-refractivity contribution in [1.82, 2.24) is 5.32 Å². The fourth-order valence-electron chi connectivity index (χ4n) is 2.22. The number of hydrogen-bond donors (Lipinski definition) is 1. The highest BCUT2D eigenvalue weighted by Crippen LogP contribution is 2.31. The maximum Gasteiger partial charge on any atom is 0.0348 e. The maximum absolute atomic E-state index is 3.58. The van der Waals surface area contributed by atoms with Crippen LogP contribution < -0.4 is 5.32 Å². The first-order valence-corrected chi connectivity index (χ1v) is 7.59. The molecule has 0 aliphatic heterocycles. The van der Waals surface area contributed by atoms with Crippen LogP contribution in [0.25, 0.3) is 10.4 Å². The van der Waals surface area contributed by atoms with Gasteiger partial charge in [-0.2, -0.15) is 0 Å². The Kier molecular flexibility index (Phi) is 3.48.